The lowest BCUT2D eigenvalue weighted by Crippen LogP contribution is -2.15. The molecule has 0 fully saturated rings. The monoisotopic (exact) mass is 436 g/mol. The summed E-state index contributed by atoms with van der Waals surface area (Å²) in [7, 11) is 4.44. The van der Waals surface area contributed by atoms with Gasteiger partial charge in [0.1, 0.15) is 5.75 Å². The zero-order valence-corrected chi connectivity index (χ0v) is 18.0. The quantitative estimate of drug-likeness (QED) is 0.344. The Balaban J connectivity index is 1.67. The first kappa shape index (κ1) is 22.5. The number of methoxy groups -OCH3 is 3. The third kappa shape index (κ3) is 5.10. The van der Waals surface area contributed by atoms with Crippen LogP contribution in [0.2, 0.25) is 0 Å². The van der Waals surface area contributed by atoms with Gasteiger partial charge in [0.05, 0.1) is 33.6 Å². The van der Waals surface area contributed by atoms with Crippen LogP contribution in [0.3, 0.4) is 0 Å². The standard InChI is InChI=1S/C24H24N2O6/c1-30-21-12-16(13-22(31-2)23(21)32-3)24(29)26-17-10-8-15(9-11-17)20(28)14-25-18-6-4-5-7-19(18)27/h4-13,25,27H,14H2,1-3H3,(H,26,29). The van der Waals surface area contributed by atoms with Gasteiger partial charge in [0.25, 0.3) is 5.91 Å². The van der Waals surface area contributed by atoms with Gasteiger partial charge in [-0.2, -0.15) is 0 Å². The molecule has 0 heterocycles. The van der Waals surface area contributed by atoms with E-state index in [9.17, 15) is 14.7 Å². The number of carbonyl (C=O) groups is 2. The predicted molar refractivity (Wildman–Crippen MR) is 121 cm³/mol. The van der Waals surface area contributed by atoms with E-state index in [4.69, 9.17) is 14.2 Å². The van der Waals surface area contributed by atoms with Crippen molar-refractivity contribution < 1.29 is 28.9 Å². The first-order chi connectivity index (χ1) is 15.5. The highest BCUT2D eigenvalue weighted by Gasteiger charge is 2.17. The van der Waals surface area contributed by atoms with E-state index >= 15 is 0 Å². The lowest BCUT2D eigenvalue weighted by atomic mass is 10.1. The fourth-order valence-electron chi connectivity index (χ4n) is 3.06. The van der Waals surface area contributed by atoms with E-state index in [1.54, 1.807) is 54.6 Å². The van der Waals surface area contributed by atoms with Gasteiger partial charge in [0, 0.05) is 16.8 Å². The molecule has 0 saturated heterocycles. The van der Waals surface area contributed by atoms with Crippen molar-refractivity contribution >= 4 is 23.1 Å². The van der Waals surface area contributed by atoms with Crippen LogP contribution in [0.1, 0.15) is 20.7 Å². The molecule has 3 aromatic carbocycles. The molecule has 0 aromatic heterocycles. The summed E-state index contributed by atoms with van der Waals surface area (Å²) in [5.74, 6) is 0.683. The van der Waals surface area contributed by atoms with Crippen molar-refractivity contribution in [2.45, 2.75) is 0 Å². The van der Waals surface area contributed by atoms with Crippen LogP contribution >= 0.6 is 0 Å². The second kappa shape index (κ2) is 10.2. The molecule has 0 atom stereocenters. The fraction of sp³-hybridized carbons (Fsp3) is 0.167. The number of hydrogen-bond acceptors (Lipinski definition) is 7. The van der Waals surface area contributed by atoms with Crippen LogP contribution in [-0.2, 0) is 0 Å². The third-order valence-corrected chi connectivity index (χ3v) is 4.74. The van der Waals surface area contributed by atoms with Crippen molar-refractivity contribution in [2.24, 2.45) is 0 Å². The summed E-state index contributed by atoms with van der Waals surface area (Å²) in [6.45, 7) is 0.0225. The number of hydrogen-bond donors (Lipinski definition) is 3. The molecule has 0 unspecified atom stereocenters. The van der Waals surface area contributed by atoms with Crippen LogP contribution in [-0.4, -0.2) is 44.7 Å². The number of phenolic OH excluding ortho intramolecular Hbond substituents is 1. The Morgan fingerprint density at radius 1 is 0.844 bits per heavy atom. The molecule has 8 nitrogen and oxygen atoms in total. The highest BCUT2D eigenvalue weighted by molar-refractivity contribution is 6.05. The summed E-state index contributed by atoms with van der Waals surface area (Å²) in [6.07, 6.45) is 0. The molecule has 32 heavy (non-hydrogen) atoms. The van der Waals surface area contributed by atoms with Gasteiger partial charge in [-0.3, -0.25) is 9.59 Å². The number of aromatic hydroxyl groups is 1. The average Bonchev–Trinajstić information content (AvgIpc) is 2.82. The van der Waals surface area contributed by atoms with Crippen molar-refractivity contribution in [3.63, 3.8) is 0 Å². The number of phenols is 1. The highest BCUT2D eigenvalue weighted by Crippen LogP contribution is 2.38. The molecular formula is C24H24N2O6. The fourth-order valence-corrected chi connectivity index (χ4v) is 3.06. The van der Waals surface area contributed by atoms with E-state index in [2.05, 4.69) is 10.6 Å². The van der Waals surface area contributed by atoms with E-state index in [1.807, 2.05) is 0 Å². The lowest BCUT2D eigenvalue weighted by molar-refractivity contribution is 0.100. The lowest BCUT2D eigenvalue weighted by Gasteiger charge is -2.14. The average molecular weight is 436 g/mol. The number of Topliss-reactive ketones (excluding diaryl/α,β-unsaturated/α-hetero) is 1. The summed E-state index contributed by atoms with van der Waals surface area (Å²) in [4.78, 5) is 25.1. The number of para-hydroxylation sites is 2. The van der Waals surface area contributed by atoms with Crippen molar-refractivity contribution in [3.05, 3.63) is 71.8 Å². The second-order valence-electron chi connectivity index (χ2n) is 6.74. The maximum Gasteiger partial charge on any atom is 0.255 e. The Labute approximate surface area is 185 Å². The number of anilines is 2. The van der Waals surface area contributed by atoms with E-state index in [0.29, 0.717) is 39.8 Å². The molecule has 0 spiro atoms. The van der Waals surface area contributed by atoms with Crippen LogP contribution in [0.4, 0.5) is 11.4 Å². The Morgan fingerprint density at radius 2 is 1.47 bits per heavy atom. The summed E-state index contributed by atoms with van der Waals surface area (Å²) in [5.41, 5.74) is 1.80. The molecule has 0 radical (unpaired) electrons. The normalized spacial score (nSPS) is 10.2. The largest absolute Gasteiger partial charge is 0.506 e. The van der Waals surface area contributed by atoms with Gasteiger partial charge < -0.3 is 30.0 Å². The van der Waals surface area contributed by atoms with Crippen LogP contribution in [0.15, 0.2) is 60.7 Å². The van der Waals surface area contributed by atoms with E-state index in [1.165, 1.54) is 27.4 Å². The minimum atomic E-state index is -0.371. The molecule has 0 aliphatic rings. The van der Waals surface area contributed by atoms with Crippen molar-refractivity contribution in [3.8, 4) is 23.0 Å². The van der Waals surface area contributed by atoms with Gasteiger partial charge in [0.15, 0.2) is 17.3 Å². The number of ether oxygens (including phenoxy) is 3. The maximum absolute atomic E-state index is 12.7. The van der Waals surface area contributed by atoms with Gasteiger partial charge in [-0.05, 0) is 48.5 Å². The zero-order valence-electron chi connectivity index (χ0n) is 18.0. The first-order valence-electron chi connectivity index (χ1n) is 9.73. The molecule has 0 bridgehead atoms. The van der Waals surface area contributed by atoms with Gasteiger partial charge in [-0.15, -0.1) is 0 Å². The summed E-state index contributed by atoms with van der Waals surface area (Å²) >= 11 is 0. The van der Waals surface area contributed by atoms with Gasteiger partial charge in [-0.1, -0.05) is 12.1 Å². The molecule has 0 aliphatic heterocycles. The first-order valence-corrected chi connectivity index (χ1v) is 9.73. The number of carbonyl (C=O) groups excluding carboxylic acids is 2. The molecular weight excluding hydrogens is 412 g/mol. The number of nitrogens with one attached hydrogen (secondary N) is 2. The predicted octanol–water partition coefficient (Wildman–Crippen LogP) is 3.97. The highest BCUT2D eigenvalue weighted by atomic mass is 16.5. The number of benzene rings is 3. The Bertz CT molecular complexity index is 1090. The molecule has 3 rings (SSSR count). The number of amides is 1. The Morgan fingerprint density at radius 3 is 2.03 bits per heavy atom. The smallest absolute Gasteiger partial charge is 0.255 e. The van der Waals surface area contributed by atoms with Crippen molar-refractivity contribution in [2.75, 3.05) is 38.5 Å². The molecule has 8 heteroatoms. The molecule has 166 valence electrons. The van der Waals surface area contributed by atoms with Gasteiger partial charge >= 0.3 is 0 Å². The Hall–Kier alpha value is -4.20. The summed E-state index contributed by atoms with van der Waals surface area (Å²) in [6, 6.07) is 16.3. The van der Waals surface area contributed by atoms with Crippen molar-refractivity contribution in [1.29, 1.82) is 0 Å². The van der Waals surface area contributed by atoms with Crippen LogP contribution in [0.5, 0.6) is 23.0 Å². The molecule has 0 saturated carbocycles. The van der Waals surface area contributed by atoms with E-state index in [0.717, 1.165) is 0 Å². The van der Waals surface area contributed by atoms with E-state index < -0.39 is 0 Å². The van der Waals surface area contributed by atoms with Crippen LogP contribution < -0.4 is 24.8 Å². The maximum atomic E-state index is 12.7. The molecule has 3 N–H and O–H groups in total. The Kier molecular flexibility index (Phi) is 7.17. The molecule has 3 aromatic rings. The third-order valence-electron chi connectivity index (χ3n) is 4.74. The van der Waals surface area contributed by atoms with Crippen molar-refractivity contribution in [1.82, 2.24) is 0 Å². The number of rotatable bonds is 9. The van der Waals surface area contributed by atoms with Gasteiger partial charge in [0.2, 0.25) is 5.75 Å². The minimum absolute atomic E-state index is 0.0225. The van der Waals surface area contributed by atoms with E-state index in [-0.39, 0.29) is 24.0 Å². The molecule has 1 amide bonds. The number of ketones is 1. The topological polar surface area (TPSA) is 106 Å². The minimum Gasteiger partial charge on any atom is -0.506 e. The zero-order chi connectivity index (χ0) is 23.1. The van der Waals surface area contributed by atoms with Crippen LogP contribution in [0, 0.1) is 0 Å². The second-order valence-corrected chi connectivity index (χ2v) is 6.74. The van der Waals surface area contributed by atoms with Gasteiger partial charge in [-0.25, -0.2) is 0 Å². The molecule has 0 aliphatic carbocycles. The van der Waals surface area contributed by atoms with Crippen LogP contribution in [0.25, 0.3) is 0 Å². The summed E-state index contributed by atoms with van der Waals surface area (Å²) < 4.78 is 15.8. The summed E-state index contributed by atoms with van der Waals surface area (Å²) in [5, 5.41) is 15.5. The SMILES string of the molecule is COc1cc(C(=O)Nc2ccc(C(=O)CNc3ccccc3O)cc2)cc(OC)c1OC.